The van der Waals surface area contributed by atoms with Crippen LogP contribution >= 0.6 is 11.8 Å². The number of thioether (sulfide) groups is 1. The number of hydrogen-bond acceptors (Lipinski definition) is 3. The number of hydrogen-bond donors (Lipinski definition) is 0. The van der Waals surface area contributed by atoms with Gasteiger partial charge in [0.2, 0.25) is 11.8 Å². The van der Waals surface area contributed by atoms with Crippen LogP contribution in [0.2, 0.25) is 0 Å². The molecule has 3 aliphatic rings. The number of rotatable bonds is 4. The summed E-state index contributed by atoms with van der Waals surface area (Å²) in [6.45, 7) is 2.48. The quantitative estimate of drug-likeness (QED) is 0.831. The summed E-state index contributed by atoms with van der Waals surface area (Å²) in [6.07, 6.45) is 5.37. The van der Waals surface area contributed by atoms with E-state index >= 15 is 0 Å². The van der Waals surface area contributed by atoms with Gasteiger partial charge in [0.1, 0.15) is 0 Å². The van der Waals surface area contributed by atoms with Crippen LogP contribution in [0, 0.1) is 5.92 Å². The van der Waals surface area contributed by atoms with E-state index in [1.807, 2.05) is 34.9 Å². The van der Waals surface area contributed by atoms with Crippen LogP contribution in [0.4, 0.5) is 0 Å². The summed E-state index contributed by atoms with van der Waals surface area (Å²) in [5.74, 6) is 1.94. The number of amides is 2. The third-order valence-electron chi connectivity index (χ3n) is 5.73. The molecule has 0 aromatic heterocycles. The highest BCUT2D eigenvalue weighted by molar-refractivity contribution is 8.00. The smallest absolute Gasteiger partial charge is 0.225 e. The zero-order valence-electron chi connectivity index (χ0n) is 14.7. The van der Waals surface area contributed by atoms with Crippen molar-refractivity contribution < 1.29 is 9.59 Å². The summed E-state index contributed by atoms with van der Waals surface area (Å²) >= 11 is 1.93. The van der Waals surface area contributed by atoms with Gasteiger partial charge in [-0.1, -0.05) is 30.3 Å². The van der Waals surface area contributed by atoms with Crippen LogP contribution in [0.3, 0.4) is 0 Å². The lowest BCUT2D eigenvalue weighted by molar-refractivity contribution is -0.137. The van der Waals surface area contributed by atoms with E-state index in [0.29, 0.717) is 18.2 Å². The van der Waals surface area contributed by atoms with Gasteiger partial charge in [0.05, 0.1) is 4.87 Å². The predicted molar refractivity (Wildman–Crippen MR) is 100 cm³/mol. The van der Waals surface area contributed by atoms with Gasteiger partial charge in [-0.15, -0.1) is 11.8 Å². The minimum atomic E-state index is -0.0614. The molecule has 4 rings (SSSR count). The number of benzene rings is 1. The first-order chi connectivity index (χ1) is 12.2. The minimum absolute atomic E-state index is 0.0614. The topological polar surface area (TPSA) is 40.6 Å². The lowest BCUT2D eigenvalue weighted by Gasteiger charge is -2.44. The molecule has 2 saturated heterocycles. The third-order valence-corrected chi connectivity index (χ3v) is 7.28. The molecule has 2 amide bonds. The van der Waals surface area contributed by atoms with E-state index in [9.17, 15) is 9.59 Å². The fourth-order valence-electron chi connectivity index (χ4n) is 4.07. The van der Waals surface area contributed by atoms with Crippen LogP contribution in [0.25, 0.3) is 0 Å². The zero-order valence-corrected chi connectivity index (χ0v) is 15.5. The second kappa shape index (κ2) is 7.02. The molecule has 134 valence electrons. The molecule has 0 atom stereocenters. The standard InChI is InChI=1S/C20H26N2O2S/c23-18(9-6-16-4-2-1-3-5-16)22-14-15-25-20(22)10-12-21(13-11-20)19(24)17-7-8-17/h1-5,17H,6-15H2. The second-order valence-electron chi connectivity index (χ2n) is 7.43. The van der Waals surface area contributed by atoms with Gasteiger partial charge in [-0.3, -0.25) is 9.59 Å². The van der Waals surface area contributed by atoms with Gasteiger partial charge in [-0.25, -0.2) is 0 Å². The SMILES string of the molecule is O=C(C1CC1)N1CCC2(CC1)SCCN2C(=O)CCc1ccccc1. The van der Waals surface area contributed by atoms with Crippen LogP contribution in [0.15, 0.2) is 30.3 Å². The fraction of sp³-hybridized carbons (Fsp3) is 0.600. The summed E-state index contributed by atoms with van der Waals surface area (Å²) in [4.78, 5) is 29.2. The molecular weight excluding hydrogens is 332 g/mol. The first kappa shape index (κ1) is 17.0. The molecule has 1 aromatic carbocycles. The Kier molecular flexibility index (Phi) is 4.76. The van der Waals surface area contributed by atoms with E-state index < -0.39 is 0 Å². The number of nitrogens with zero attached hydrogens (tertiary/aromatic N) is 2. The van der Waals surface area contributed by atoms with Crippen molar-refractivity contribution in [3.05, 3.63) is 35.9 Å². The summed E-state index contributed by atoms with van der Waals surface area (Å²) in [7, 11) is 0. The Bertz CT molecular complexity index is 636. The van der Waals surface area contributed by atoms with Gasteiger partial charge in [0, 0.05) is 37.7 Å². The van der Waals surface area contributed by atoms with Crippen LogP contribution < -0.4 is 0 Å². The summed E-state index contributed by atoms with van der Waals surface area (Å²) in [5, 5.41) is 0. The third kappa shape index (κ3) is 3.57. The van der Waals surface area contributed by atoms with Crippen molar-refractivity contribution in [2.45, 2.75) is 43.4 Å². The molecule has 5 heteroatoms. The minimum Gasteiger partial charge on any atom is -0.342 e. The highest BCUT2D eigenvalue weighted by Gasteiger charge is 2.47. The lowest BCUT2D eigenvalue weighted by atomic mass is 10.0. The Balaban J connectivity index is 1.35. The van der Waals surface area contributed by atoms with Crippen molar-refractivity contribution in [1.29, 1.82) is 0 Å². The van der Waals surface area contributed by atoms with Gasteiger partial charge >= 0.3 is 0 Å². The molecule has 2 heterocycles. The molecule has 1 spiro atoms. The molecule has 1 aromatic rings. The maximum Gasteiger partial charge on any atom is 0.225 e. The van der Waals surface area contributed by atoms with E-state index in [2.05, 4.69) is 17.0 Å². The van der Waals surface area contributed by atoms with Crippen molar-refractivity contribution in [2.24, 2.45) is 5.92 Å². The molecule has 0 radical (unpaired) electrons. The van der Waals surface area contributed by atoms with Crippen molar-refractivity contribution in [3.8, 4) is 0 Å². The summed E-state index contributed by atoms with van der Waals surface area (Å²) in [6, 6.07) is 10.2. The Hall–Kier alpha value is -1.49. The monoisotopic (exact) mass is 358 g/mol. The van der Waals surface area contributed by atoms with E-state index in [0.717, 1.165) is 57.5 Å². The first-order valence-corrected chi connectivity index (χ1v) is 10.4. The molecule has 2 aliphatic heterocycles. The molecule has 0 bridgehead atoms. The van der Waals surface area contributed by atoms with E-state index in [-0.39, 0.29) is 10.8 Å². The number of piperidine rings is 1. The maximum atomic E-state index is 12.9. The summed E-state index contributed by atoms with van der Waals surface area (Å²) < 4.78 is 0. The Labute approximate surface area is 153 Å². The molecule has 3 fully saturated rings. The van der Waals surface area contributed by atoms with E-state index in [4.69, 9.17) is 0 Å². The average Bonchev–Trinajstić information content (AvgIpc) is 3.43. The van der Waals surface area contributed by atoms with Crippen molar-refractivity contribution in [1.82, 2.24) is 9.80 Å². The number of aryl methyl sites for hydroxylation is 1. The Morgan fingerprint density at radius 3 is 2.48 bits per heavy atom. The highest BCUT2D eigenvalue weighted by Crippen LogP contribution is 2.45. The van der Waals surface area contributed by atoms with Gasteiger partial charge < -0.3 is 9.80 Å². The average molecular weight is 359 g/mol. The van der Waals surface area contributed by atoms with Crippen LogP contribution in [0.1, 0.15) is 37.7 Å². The molecule has 0 N–H and O–H groups in total. The lowest BCUT2D eigenvalue weighted by Crippen LogP contribution is -2.53. The molecule has 0 unspecified atom stereocenters. The molecule has 4 nitrogen and oxygen atoms in total. The fourth-order valence-corrected chi connectivity index (χ4v) is 5.54. The highest BCUT2D eigenvalue weighted by atomic mass is 32.2. The van der Waals surface area contributed by atoms with E-state index in [1.165, 1.54) is 5.56 Å². The molecule has 25 heavy (non-hydrogen) atoms. The van der Waals surface area contributed by atoms with Crippen LogP contribution in [-0.4, -0.2) is 51.9 Å². The van der Waals surface area contributed by atoms with Gasteiger partial charge in [-0.05, 0) is 37.7 Å². The maximum absolute atomic E-state index is 12.9. The zero-order chi connectivity index (χ0) is 17.3. The van der Waals surface area contributed by atoms with Crippen molar-refractivity contribution >= 4 is 23.6 Å². The largest absolute Gasteiger partial charge is 0.342 e. The number of carbonyl (C=O) groups is 2. The van der Waals surface area contributed by atoms with Crippen LogP contribution in [0.5, 0.6) is 0 Å². The van der Waals surface area contributed by atoms with Crippen molar-refractivity contribution in [3.63, 3.8) is 0 Å². The van der Waals surface area contributed by atoms with Crippen LogP contribution in [-0.2, 0) is 16.0 Å². The summed E-state index contributed by atoms with van der Waals surface area (Å²) in [5.41, 5.74) is 1.22. The Morgan fingerprint density at radius 1 is 1.08 bits per heavy atom. The molecule has 1 saturated carbocycles. The number of carbonyl (C=O) groups excluding carboxylic acids is 2. The molecule has 1 aliphatic carbocycles. The van der Waals surface area contributed by atoms with Gasteiger partial charge in [0.15, 0.2) is 0 Å². The van der Waals surface area contributed by atoms with E-state index in [1.54, 1.807) is 0 Å². The van der Waals surface area contributed by atoms with Gasteiger partial charge in [-0.2, -0.15) is 0 Å². The predicted octanol–water partition coefficient (Wildman–Crippen LogP) is 2.92. The second-order valence-corrected chi connectivity index (χ2v) is 8.88. The molecular formula is C20H26N2O2S. The number of likely N-dealkylation sites (tertiary alicyclic amines) is 1. The van der Waals surface area contributed by atoms with Crippen molar-refractivity contribution in [2.75, 3.05) is 25.4 Å². The Morgan fingerprint density at radius 2 is 1.80 bits per heavy atom. The first-order valence-electron chi connectivity index (χ1n) is 9.45. The normalized spacial score (nSPS) is 22.4. The van der Waals surface area contributed by atoms with Gasteiger partial charge in [0.25, 0.3) is 0 Å².